The summed E-state index contributed by atoms with van der Waals surface area (Å²) in [5.41, 5.74) is 0.376. The van der Waals surface area contributed by atoms with Crippen molar-refractivity contribution < 1.29 is 9.90 Å². The van der Waals surface area contributed by atoms with Crippen LogP contribution in [0.2, 0.25) is 0 Å². The number of anilines is 1. The summed E-state index contributed by atoms with van der Waals surface area (Å²) in [6, 6.07) is 14.4. The predicted molar refractivity (Wildman–Crippen MR) is 103 cm³/mol. The molecule has 0 saturated heterocycles. The monoisotopic (exact) mass is 365 g/mol. The fraction of sp³-hybridized carbons (Fsp3) is 0.105. The Bertz CT molecular complexity index is 1160. The highest BCUT2D eigenvalue weighted by Crippen LogP contribution is 2.31. The number of nitrogens with zero attached hydrogens (tertiary/aromatic N) is 2. The number of amides is 1. The summed E-state index contributed by atoms with van der Waals surface area (Å²) in [5.74, 6) is -0.884. The second-order valence-corrected chi connectivity index (χ2v) is 6.75. The van der Waals surface area contributed by atoms with Gasteiger partial charge >= 0.3 is 0 Å². The quantitative estimate of drug-likeness (QED) is 0.582. The molecule has 0 atom stereocenters. The van der Waals surface area contributed by atoms with Gasteiger partial charge in [-0.2, -0.15) is 0 Å². The molecule has 2 N–H and O–H groups in total. The van der Waals surface area contributed by atoms with Crippen LogP contribution >= 0.6 is 11.3 Å². The van der Waals surface area contributed by atoms with E-state index < -0.39 is 11.5 Å². The Labute approximate surface area is 152 Å². The number of para-hydroxylation sites is 2. The lowest BCUT2D eigenvalue weighted by Crippen LogP contribution is -2.34. The first-order valence-corrected chi connectivity index (χ1v) is 8.93. The molecule has 4 rings (SSSR count). The predicted octanol–water partition coefficient (Wildman–Crippen LogP) is 3.51. The summed E-state index contributed by atoms with van der Waals surface area (Å²) in [6.07, 6.45) is 0. The Morgan fingerprint density at radius 2 is 1.92 bits per heavy atom. The molecular formula is C19H15N3O3S. The number of aromatic nitrogens is 2. The minimum Gasteiger partial charge on any atom is -0.506 e. The van der Waals surface area contributed by atoms with Gasteiger partial charge in [0, 0.05) is 11.9 Å². The highest BCUT2D eigenvalue weighted by atomic mass is 32.1. The molecule has 0 radical (unpaired) electrons. The van der Waals surface area contributed by atoms with Gasteiger partial charge < -0.3 is 10.1 Å². The van der Waals surface area contributed by atoms with Gasteiger partial charge in [0.2, 0.25) is 0 Å². The molecule has 130 valence electrons. The van der Waals surface area contributed by atoms with Crippen molar-refractivity contribution in [2.45, 2.75) is 6.92 Å². The number of benzene rings is 2. The molecule has 0 aliphatic rings. The zero-order valence-electron chi connectivity index (χ0n) is 13.9. The fourth-order valence-electron chi connectivity index (χ4n) is 2.90. The van der Waals surface area contributed by atoms with E-state index in [4.69, 9.17) is 0 Å². The number of H-pyrrole nitrogens is 1. The SMILES string of the molecule is CCN(C(=O)c1c(O)c2ccccc2[nH]c1=O)c1nc2ccccc2s1. The largest absolute Gasteiger partial charge is 0.506 e. The van der Waals surface area contributed by atoms with E-state index in [2.05, 4.69) is 9.97 Å². The zero-order chi connectivity index (χ0) is 18.3. The minimum absolute atomic E-state index is 0.273. The van der Waals surface area contributed by atoms with Crippen LogP contribution in [0, 0.1) is 0 Å². The van der Waals surface area contributed by atoms with Crippen molar-refractivity contribution in [3.05, 3.63) is 64.4 Å². The molecule has 0 aliphatic carbocycles. The highest BCUT2D eigenvalue weighted by molar-refractivity contribution is 7.22. The van der Waals surface area contributed by atoms with E-state index in [1.165, 1.54) is 16.2 Å². The van der Waals surface area contributed by atoms with Gasteiger partial charge in [0.15, 0.2) is 5.13 Å². The van der Waals surface area contributed by atoms with Gasteiger partial charge in [-0.1, -0.05) is 35.6 Å². The Morgan fingerprint density at radius 3 is 2.69 bits per heavy atom. The summed E-state index contributed by atoms with van der Waals surface area (Å²) < 4.78 is 0.949. The number of thiazole rings is 1. The summed E-state index contributed by atoms with van der Waals surface area (Å²) >= 11 is 1.37. The van der Waals surface area contributed by atoms with E-state index in [0.29, 0.717) is 22.6 Å². The average molecular weight is 365 g/mol. The second-order valence-electron chi connectivity index (χ2n) is 5.74. The van der Waals surface area contributed by atoms with Crippen LogP contribution < -0.4 is 10.5 Å². The minimum atomic E-state index is -0.620. The number of aromatic hydroxyl groups is 1. The molecule has 0 saturated carbocycles. The molecule has 4 aromatic rings. The van der Waals surface area contributed by atoms with Crippen molar-refractivity contribution in [1.29, 1.82) is 0 Å². The summed E-state index contributed by atoms with van der Waals surface area (Å²) in [6.45, 7) is 2.13. The van der Waals surface area contributed by atoms with Crippen LogP contribution in [0.1, 0.15) is 17.3 Å². The van der Waals surface area contributed by atoms with Gasteiger partial charge in [-0.15, -0.1) is 0 Å². The Kier molecular flexibility index (Phi) is 3.93. The van der Waals surface area contributed by atoms with Crippen molar-refractivity contribution in [3.8, 4) is 5.75 Å². The molecule has 2 heterocycles. The van der Waals surface area contributed by atoms with Crippen LogP contribution in [0.25, 0.3) is 21.1 Å². The van der Waals surface area contributed by atoms with E-state index in [0.717, 1.165) is 10.2 Å². The van der Waals surface area contributed by atoms with Gasteiger partial charge in [0.25, 0.3) is 11.5 Å². The van der Waals surface area contributed by atoms with E-state index in [9.17, 15) is 14.7 Å². The normalized spacial score (nSPS) is 11.1. The molecule has 0 aliphatic heterocycles. The first-order valence-electron chi connectivity index (χ1n) is 8.11. The highest BCUT2D eigenvalue weighted by Gasteiger charge is 2.26. The average Bonchev–Trinajstić information content (AvgIpc) is 3.06. The number of carbonyl (C=O) groups is 1. The molecule has 0 unspecified atom stereocenters. The standard InChI is InChI=1S/C19H15N3O3S/c1-2-22(19-21-13-9-5-6-10-14(13)26-19)18(25)15-16(23)11-7-3-4-8-12(11)20-17(15)24/h3-10H,2H2,1H3,(H2,20,23,24). The molecule has 2 aromatic carbocycles. The van der Waals surface area contributed by atoms with Crippen LogP contribution in [-0.4, -0.2) is 27.5 Å². The van der Waals surface area contributed by atoms with E-state index in [1.807, 2.05) is 24.3 Å². The van der Waals surface area contributed by atoms with Crippen LogP contribution in [0.3, 0.4) is 0 Å². The smallest absolute Gasteiger partial charge is 0.269 e. The van der Waals surface area contributed by atoms with Crippen LogP contribution in [0.5, 0.6) is 5.75 Å². The molecule has 6 nitrogen and oxygen atoms in total. The lowest BCUT2D eigenvalue weighted by Gasteiger charge is -2.18. The summed E-state index contributed by atoms with van der Waals surface area (Å²) in [4.78, 5) is 34.0. The van der Waals surface area contributed by atoms with Crippen molar-refractivity contribution in [1.82, 2.24) is 9.97 Å². The van der Waals surface area contributed by atoms with Gasteiger partial charge in [-0.05, 0) is 31.2 Å². The maximum absolute atomic E-state index is 13.1. The van der Waals surface area contributed by atoms with Crippen molar-refractivity contribution in [3.63, 3.8) is 0 Å². The number of hydrogen-bond acceptors (Lipinski definition) is 5. The Morgan fingerprint density at radius 1 is 1.19 bits per heavy atom. The molecule has 1 amide bonds. The van der Waals surface area contributed by atoms with Crippen LogP contribution in [0.4, 0.5) is 5.13 Å². The van der Waals surface area contributed by atoms with Crippen LogP contribution in [0.15, 0.2) is 53.3 Å². The maximum atomic E-state index is 13.1. The number of pyridine rings is 1. The first-order chi connectivity index (χ1) is 12.6. The van der Waals surface area contributed by atoms with Crippen molar-refractivity contribution in [2.24, 2.45) is 0 Å². The van der Waals surface area contributed by atoms with Gasteiger partial charge in [-0.3, -0.25) is 14.5 Å². The summed E-state index contributed by atoms with van der Waals surface area (Å²) in [7, 11) is 0. The second kappa shape index (κ2) is 6.27. The number of rotatable bonds is 3. The Balaban J connectivity index is 1.85. The lowest BCUT2D eigenvalue weighted by molar-refractivity contribution is 0.0984. The third-order valence-electron chi connectivity index (χ3n) is 4.18. The molecular weight excluding hydrogens is 350 g/mol. The third kappa shape index (κ3) is 2.53. The van der Waals surface area contributed by atoms with Gasteiger partial charge in [0.1, 0.15) is 11.3 Å². The molecule has 7 heteroatoms. The molecule has 26 heavy (non-hydrogen) atoms. The van der Waals surface area contributed by atoms with Gasteiger partial charge in [0.05, 0.1) is 15.7 Å². The number of hydrogen-bond donors (Lipinski definition) is 2. The number of carbonyl (C=O) groups excluding carboxylic acids is 1. The molecule has 2 aromatic heterocycles. The number of nitrogens with one attached hydrogen (secondary N) is 1. The fourth-order valence-corrected chi connectivity index (χ4v) is 3.93. The van der Waals surface area contributed by atoms with Gasteiger partial charge in [-0.25, -0.2) is 4.98 Å². The number of fused-ring (bicyclic) bond motifs is 2. The van der Waals surface area contributed by atoms with E-state index in [-0.39, 0.29) is 11.3 Å². The maximum Gasteiger partial charge on any atom is 0.269 e. The lowest BCUT2D eigenvalue weighted by atomic mass is 10.1. The topological polar surface area (TPSA) is 86.3 Å². The van der Waals surface area contributed by atoms with E-state index in [1.54, 1.807) is 31.2 Å². The summed E-state index contributed by atoms with van der Waals surface area (Å²) in [5, 5.41) is 11.5. The Hall–Kier alpha value is -3.19. The van der Waals surface area contributed by atoms with Crippen molar-refractivity contribution in [2.75, 3.05) is 11.4 Å². The van der Waals surface area contributed by atoms with Crippen molar-refractivity contribution >= 4 is 43.5 Å². The van der Waals surface area contributed by atoms with E-state index >= 15 is 0 Å². The van der Waals surface area contributed by atoms with Crippen LogP contribution in [-0.2, 0) is 0 Å². The molecule has 0 fully saturated rings. The zero-order valence-corrected chi connectivity index (χ0v) is 14.7. The molecule has 0 spiro atoms. The first kappa shape index (κ1) is 16.3. The third-order valence-corrected chi connectivity index (χ3v) is 5.24. The number of aromatic amines is 1. The molecule has 0 bridgehead atoms.